The molecule has 0 aromatic heterocycles. The largest absolute Gasteiger partial charge is 3.00 e. The van der Waals surface area contributed by atoms with E-state index in [1.165, 1.54) is 17.1 Å². The first-order valence-corrected chi connectivity index (χ1v) is 9.90. The monoisotopic (exact) mass is 567 g/mol. The van der Waals surface area contributed by atoms with Gasteiger partial charge in [0.05, 0.1) is 0 Å². The topological polar surface area (TPSA) is 9.72 Å². The standard InChI is InChI=1S/3C9H12N.Ho/c3*1-8-6-4-5-7-9(8)10(2)3;/h3*4-7H,1H2,2-3H3;/q3*-1;+3. The Morgan fingerprint density at radius 1 is 0.419 bits per heavy atom. The molecule has 0 atom stereocenters. The second-order valence-corrected chi connectivity index (χ2v) is 7.57. The molecule has 0 aliphatic heterocycles. The Kier molecular flexibility index (Phi) is 13.9. The van der Waals surface area contributed by atoms with Crippen LogP contribution >= 0.6 is 0 Å². The van der Waals surface area contributed by atoms with Gasteiger partial charge in [-0.3, -0.25) is 0 Å². The first kappa shape index (κ1) is 28.9. The van der Waals surface area contributed by atoms with E-state index in [-0.39, 0.29) is 37.7 Å². The summed E-state index contributed by atoms with van der Waals surface area (Å²) in [6, 6.07) is 24.2. The van der Waals surface area contributed by atoms with Crippen LogP contribution in [0.1, 0.15) is 16.7 Å². The van der Waals surface area contributed by atoms with Crippen molar-refractivity contribution >= 4 is 17.1 Å². The average Bonchev–Trinajstić information content (AvgIpc) is 2.69. The van der Waals surface area contributed by atoms with Crippen LogP contribution in [-0.4, -0.2) is 42.3 Å². The van der Waals surface area contributed by atoms with Crippen LogP contribution in [0.4, 0.5) is 17.1 Å². The van der Waals surface area contributed by atoms with Gasteiger partial charge in [-0.05, 0) is 42.3 Å². The van der Waals surface area contributed by atoms with Gasteiger partial charge in [-0.25, -0.2) is 0 Å². The van der Waals surface area contributed by atoms with Crippen LogP contribution in [0.5, 0.6) is 0 Å². The normalized spacial score (nSPS) is 9.10. The van der Waals surface area contributed by atoms with Crippen molar-refractivity contribution in [2.75, 3.05) is 57.0 Å². The van der Waals surface area contributed by atoms with E-state index in [0.29, 0.717) is 0 Å². The maximum absolute atomic E-state index is 3.90. The fourth-order valence-corrected chi connectivity index (χ4v) is 2.84. The Morgan fingerprint density at radius 3 is 0.742 bits per heavy atom. The number of hydrogen-bond acceptors (Lipinski definition) is 3. The van der Waals surface area contributed by atoms with E-state index >= 15 is 0 Å². The molecule has 3 rings (SSSR count). The summed E-state index contributed by atoms with van der Waals surface area (Å²) in [5.41, 5.74) is 6.78. The van der Waals surface area contributed by atoms with E-state index in [1.54, 1.807) is 0 Å². The zero-order valence-corrected chi connectivity index (χ0v) is 21.6. The molecule has 0 heterocycles. The third-order valence-electron chi connectivity index (χ3n) is 4.42. The summed E-state index contributed by atoms with van der Waals surface area (Å²) in [5, 5.41) is 0. The van der Waals surface area contributed by atoms with E-state index in [4.69, 9.17) is 0 Å². The Balaban J connectivity index is 0.000000429. The van der Waals surface area contributed by atoms with Crippen molar-refractivity contribution < 1.29 is 37.7 Å². The number of anilines is 3. The molecular weight excluding hydrogens is 531 g/mol. The fraction of sp³-hybridized carbons (Fsp3) is 0.222. The van der Waals surface area contributed by atoms with E-state index in [1.807, 2.05) is 96.9 Å². The minimum Gasteiger partial charge on any atom is -0.428 e. The van der Waals surface area contributed by atoms with Crippen molar-refractivity contribution in [3.63, 3.8) is 0 Å². The minimum atomic E-state index is 0. The first-order valence-electron chi connectivity index (χ1n) is 9.90. The molecule has 0 saturated carbocycles. The van der Waals surface area contributed by atoms with Crippen molar-refractivity contribution in [3.8, 4) is 0 Å². The van der Waals surface area contributed by atoms with E-state index < -0.39 is 0 Å². The summed E-state index contributed by atoms with van der Waals surface area (Å²) in [6.07, 6.45) is 0. The molecule has 3 aromatic rings. The molecule has 0 radical (unpaired) electrons. The summed E-state index contributed by atoms with van der Waals surface area (Å²) >= 11 is 0. The van der Waals surface area contributed by atoms with E-state index in [0.717, 1.165) is 16.7 Å². The van der Waals surface area contributed by atoms with Gasteiger partial charge in [-0.15, -0.1) is 18.2 Å². The Morgan fingerprint density at radius 2 is 0.613 bits per heavy atom. The van der Waals surface area contributed by atoms with Gasteiger partial charge in [0.2, 0.25) is 0 Å². The van der Waals surface area contributed by atoms with Crippen LogP contribution in [0, 0.1) is 58.5 Å². The molecule has 4 heteroatoms. The molecule has 170 valence electrons. The first-order chi connectivity index (χ1) is 14.1. The molecule has 3 aromatic carbocycles. The fourth-order valence-electron chi connectivity index (χ4n) is 2.84. The number of hydrogen-bond donors (Lipinski definition) is 0. The van der Waals surface area contributed by atoms with Gasteiger partial charge in [0.25, 0.3) is 0 Å². The zero-order valence-electron chi connectivity index (χ0n) is 19.7. The van der Waals surface area contributed by atoms with Crippen molar-refractivity contribution in [1.29, 1.82) is 0 Å². The Hall–Kier alpha value is -2.07. The molecule has 0 fully saturated rings. The van der Waals surface area contributed by atoms with Gasteiger partial charge in [-0.2, -0.15) is 55.7 Å². The van der Waals surface area contributed by atoms with Crippen molar-refractivity contribution in [2.45, 2.75) is 0 Å². The molecule has 0 amide bonds. The SMILES string of the molecule is [CH2-]c1ccccc1N(C)C.[CH2-]c1ccccc1N(C)C.[CH2-]c1ccccc1N(C)C.[Ho+3]. The average molecular weight is 568 g/mol. The van der Waals surface area contributed by atoms with Crippen LogP contribution in [0.15, 0.2) is 72.8 Å². The molecule has 3 nitrogen and oxygen atoms in total. The molecule has 0 N–H and O–H groups in total. The molecule has 0 spiro atoms. The summed E-state index contributed by atoms with van der Waals surface area (Å²) in [4.78, 5) is 6.17. The molecule has 0 bridgehead atoms. The third kappa shape index (κ3) is 10.2. The second-order valence-electron chi connectivity index (χ2n) is 7.57. The second kappa shape index (κ2) is 14.9. The van der Waals surface area contributed by atoms with Crippen molar-refractivity contribution in [1.82, 2.24) is 0 Å². The summed E-state index contributed by atoms with van der Waals surface area (Å²) in [6.45, 7) is 11.7. The summed E-state index contributed by atoms with van der Waals surface area (Å²) in [5.74, 6) is 0. The Labute approximate surface area is 220 Å². The Bertz CT molecular complexity index is 771. The van der Waals surface area contributed by atoms with Crippen LogP contribution < -0.4 is 14.7 Å². The van der Waals surface area contributed by atoms with Gasteiger partial charge in [0.1, 0.15) is 0 Å². The van der Waals surface area contributed by atoms with Gasteiger partial charge >= 0.3 is 37.7 Å². The van der Waals surface area contributed by atoms with E-state index in [2.05, 4.69) is 53.7 Å². The zero-order chi connectivity index (χ0) is 22.7. The van der Waals surface area contributed by atoms with Gasteiger partial charge in [0, 0.05) is 0 Å². The summed E-state index contributed by atoms with van der Waals surface area (Å²) < 4.78 is 0. The molecule has 0 aliphatic carbocycles. The number of nitrogens with zero attached hydrogens (tertiary/aromatic N) is 3. The van der Waals surface area contributed by atoms with E-state index in [9.17, 15) is 0 Å². The van der Waals surface area contributed by atoms with Crippen LogP contribution in [0.3, 0.4) is 0 Å². The number of rotatable bonds is 3. The third-order valence-corrected chi connectivity index (χ3v) is 4.42. The number of benzene rings is 3. The molecule has 0 saturated heterocycles. The predicted molar refractivity (Wildman–Crippen MR) is 136 cm³/mol. The van der Waals surface area contributed by atoms with Crippen LogP contribution in [0.2, 0.25) is 0 Å². The van der Waals surface area contributed by atoms with Crippen LogP contribution in [-0.2, 0) is 0 Å². The van der Waals surface area contributed by atoms with Crippen LogP contribution in [0.25, 0.3) is 0 Å². The number of para-hydroxylation sites is 3. The van der Waals surface area contributed by atoms with Gasteiger partial charge in [-0.1, -0.05) is 53.5 Å². The van der Waals surface area contributed by atoms with Gasteiger partial charge < -0.3 is 14.7 Å². The molecule has 31 heavy (non-hydrogen) atoms. The van der Waals surface area contributed by atoms with Crippen molar-refractivity contribution in [2.24, 2.45) is 0 Å². The summed E-state index contributed by atoms with van der Waals surface area (Å²) in [7, 11) is 12.1. The molecule has 0 aliphatic rings. The van der Waals surface area contributed by atoms with Crippen molar-refractivity contribution in [3.05, 3.63) is 110 Å². The predicted octanol–water partition coefficient (Wildman–Crippen LogP) is 5.80. The quantitative estimate of drug-likeness (QED) is 0.293. The molecular formula is C27H36HoN3. The maximum atomic E-state index is 3.90. The molecule has 0 unspecified atom stereocenters. The minimum absolute atomic E-state index is 0. The van der Waals surface area contributed by atoms with Gasteiger partial charge in [0.15, 0.2) is 0 Å². The smallest absolute Gasteiger partial charge is 0.428 e. The maximum Gasteiger partial charge on any atom is 3.00 e.